The minimum atomic E-state index is -0.321. The van der Waals surface area contributed by atoms with Crippen molar-refractivity contribution in [2.24, 2.45) is 0 Å². The molecule has 1 fully saturated rings. The van der Waals surface area contributed by atoms with Crippen molar-refractivity contribution < 1.29 is 14.4 Å². The molecule has 1 aliphatic rings. The Balaban J connectivity index is 1.97. The van der Waals surface area contributed by atoms with Crippen molar-refractivity contribution in [2.45, 2.75) is 38.0 Å². The number of β-amino-alcohol motifs (C(OH)–C–C–N with tert-alkyl or cyclic N) is 1. The van der Waals surface area contributed by atoms with E-state index in [2.05, 4.69) is 15.5 Å². The molecule has 0 aromatic carbocycles. The van der Waals surface area contributed by atoms with E-state index >= 15 is 0 Å². The summed E-state index contributed by atoms with van der Waals surface area (Å²) in [4.78, 5) is 4.28. The summed E-state index contributed by atoms with van der Waals surface area (Å²) in [6, 6.07) is -0.0194. The van der Waals surface area contributed by atoms with Crippen LogP contribution in [0.2, 0.25) is 0 Å². The second kappa shape index (κ2) is 4.90. The molecule has 90 valence electrons. The van der Waals surface area contributed by atoms with Gasteiger partial charge in [0.15, 0.2) is 5.82 Å². The molecule has 3 unspecified atom stereocenters. The fourth-order valence-corrected chi connectivity index (χ4v) is 1.74. The first kappa shape index (κ1) is 11.5. The first-order valence-corrected chi connectivity index (χ1v) is 5.45. The number of aliphatic hydroxyl groups is 1. The van der Waals surface area contributed by atoms with Crippen LogP contribution in [0.15, 0.2) is 4.52 Å². The number of hydrogen-bond donors (Lipinski definition) is 2. The number of aromatic nitrogens is 2. The lowest BCUT2D eigenvalue weighted by atomic mass is 10.2. The molecule has 0 saturated carbocycles. The second-order valence-corrected chi connectivity index (χ2v) is 4.15. The number of ether oxygens (including phenoxy) is 1. The first-order valence-electron chi connectivity index (χ1n) is 5.45. The molecule has 0 spiro atoms. The van der Waals surface area contributed by atoms with Gasteiger partial charge < -0.3 is 19.7 Å². The summed E-state index contributed by atoms with van der Waals surface area (Å²) in [5, 5.41) is 16.4. The molecule has 0 radical (unpaired) electrons. The minimum absolute atomic E-state index is 0.0194. The van der Waals surface area contributed by atoms with E-state index in [1.807, 2.05) is 6.92 Å². The molecule has 6 heteroatoms. The first-order chi connectivity index (χ1) is 7.69. The monoisotopic (exact) mass is 227 g/mol. The maximum absolute atomic E-state index is 9.38. The molecule has 16 heavy (non-hydrogen) atoms. The van der Waals surface area contributed by atoms with Crippen molar-refractivity contribution >= 4 is 0 Å². The minimum Gasteiger partial charge on any atom is -0.392 e. The normalized spacial score (nSPS) is 27.2. The van der Waals surface area contributed by atoms with E-state index in [1.54, 1.807) is 7.11 Å². The average molecular weight is 227 g/mol. The van der Waals surface area contributed by atoms with Gasteiger partial charge in [-0.15, -0.1) is 0 Å². The van der Waals surface area contributed by atoms with Crippen LogP contribution in [0.25, 0.3) is 0 Å². The maximum atomic E-state index is 9.38. The van der Waals surface area contributed by atoms with Crippen LogP contribution in [0.1, 0.15) is 31.1 Å². The third kappa shape index (κ3) is 2.58. The van der Waals surface area contributed by atoms with Gasteiger partial charge in [0.2, 0.25) is 5.89 Å². The third-order valence-corrected chi connectivity index (χ3v) is 2.76. The lowest BCUT2D eigenvalue weighted by Crippen LogP contribution is -2.15. The Labute approximate surface area is 94.0 Å². The fourth-order valence-electron chi connectivity index (χ4n) is 1.74. The molecule has 1 saturated heterocycles. The smallest absolute Gasteiger partial charge is 0.243 e. The maximum Gasteiger partial charge on any atom is 0.243 e. The highest BCUT2D eigenvalue weighted by atomic mass is 16.5. The van der Waals surface area contributed by atoms with Crippen molar-refractivity contribution in [3.63, 3.8) is 0 Å². The van der Waals surface area contributed by atoms with Crippen LogP contribution in [-0.4, -0.2) is 41.1 Å². The Morgan fingerprint density at radius 1 is 1.69 bits per heavy atom. The number of hydrogen-bond acceptors (Lipinski definition) is 6. The summed E-state index contributed by atoms with van der Waals surface area (Å²) >= 11 is 0. The quantitative estimate of drug-likeness (QED) is 0.756. The van der Waals surface area contributed by atoms with Gasteiger partial charge >= 0.3 is 0 Å². The Hall–Kier alpha value is -0.980. The molecular formula is C10H17N3O3. The molecule has 2 N–H and O–H groups in total. The van der Waals surface area contributed by atoms with Crippen molar-refractivity contribution in [1.82, 2.24) is 15.5 Å². The number of methoxy groups -OCH3 is 1. The van der Waals surface area contributed by atoms with E-state index in [-0.39, 0.29) is 18.2 Å². The van der Waals surface area contributed by atoms with Crippen LogP contribution < -0.4 is 5.32 Å². The third-order valence-electron chi connectivity index (χ3n) is 2.76. The van der Waals surface area contributed by atoms with E-state index in [0.717, 1.165) is 0 Å². The predicted octanol–water partition coefficient (Wildman–Crippen LogP) is 0.0423. The van der Waals surface area contributed by atoms with E-state index in [1.165, 1.54) is 0 Å². The molecule has 1 aromatic rings. The number of aliphatic hydroxyl groups excluding tert-OH is 1. The van der Waals surface area contributed by atoms with Crippen LogP contribution >= 0.6 is 0 Å². The second-order valence-electron chi connectivity index (χ2n) is 4.15. The molecule has 1 aliphatic heterocycles. The van der Waals surface area contributed by atoms with Gasteiger partial charge in [0.05, 0.1) is 18.2 Å². The van der Waals surface area contributed by atoms with Gasteiger partial charge in [-0.25, -0.2) is 0 Å². The SMILES string of the molecule is COC(C)Cc1noc(C2CC(O)CN2)n1. The summed E-state index contributed by atoms with van der Waals surface area (Å²) < 4.78 is 10.3. The lowest BCUT2D eigenvalue weighted by Gasteiger charge is -2.04. The summed E-state index contributed by atoms with van der Waals surface area (Å²) in [7, 11) is 1.65. The van der Waals surface area contributed by atoms with Gasteiger partial charge in [-0.1, -0.05) is 5.16 Å². The molecule has 3 atom stereocenters. The van der Waals surface area contributed by atoms with Gasteiger partial charge in [-0.2, -0.15) is 4.98 Å². The molecular weight excluding hydrogens is 210 g/mol. The van der Waals surface area contributed by atoms with Crippen LogP contribution in [0.5, 0.6) is 0 Å². The number of nitrogens with zero attached hydrogens (tertiary/aromatic N) is 2. The fraction of sp³-hybridized carbons (Fsp3) is 0.800. The molecule has 0 bridgehead atoms. The van der Waals surface area contributed by atoms with Gasteiger partial charge in [0, 0.05) is 20.1 Å². The summed E-state index contributed by atoms with van der Waals surface area (Å²) in [6.45, 7) is 2.53. The molecule has 0 amide bonds. The molecule has 2 heterocycles. The standard InChI is InChI=1S/C10H17N3O3/c1-6(15-2)3-9-12-10(16-13-9)8-4-7(14)5-11-8/h6-8,11,14H,3-5H2,1-2H3. The van der Waals surface area contributed by atoms with Crippen LogP contribution in [0.3, 0.4) is 0 Å². The summed E-state index contributed by atoms with van der Waals surface area (Å²) in [5.41, 5.74) is 0. The van der Waals surface area contributed by atoms with Gasteiger partial charge in [0.1, 0.15) is 0 Å². The highest BCUT2D eigenvalue weighted by molar-refractivity contribution is 4.98. The summed E-state index contributed by atoms with van der Waals surface area (Å²) in [5.74, 6) is 1.20. The molecule has 6 nitrogen and oxygen atoms in total. The highest BCUT2D eigenvalue weighted by Crippen LogP contribution is 2.21. The number of rotatable bonds is 4. The lowest BCUT2D eigenvalue weighted by molar-refractivity contribution is 0.116. The largest absolute Gasteiger partial charge is 0.392 e. The zero-order chi connectivity index (χ0) is 11.5. The van der Waals surface area contributed by atoms with E-state index in [9.17, 15) is 5.11 Å². The Kier molecular flexibility index (Phi) is 3.52. The highest BCUT2D eigenvalue weighted by Gasteiger charge is 2.28. The van der Waals surface area contributed by atoms with Crippen molar-refractivity contribution in [3.8, 4) is 0 Å². The van der Waals surface area contributed by atoms with E-state index in [4.69, 9.17) is 9.26 Å². The van der Waals surface area contributed by atoms with Gasteiger partial charge in [0.25, 0.3) is 0 Å². The van der Waals surface area contributed by atoms with E-state index in [0.29, 0.717) is 31.1 Å². The molecule has 0 aliphatic carbocycles. The number of nitrogens with one attached hydrogen (secondary N) is 1. The Morgan fingerprint density at radius 2 is 2.50 bits per heavy atom. The average Bonchev–Trinajstić information content (AvgIpc) is 2.87. The van der Waals surface area contributed by atoms with Crippen molar-refractivity contribution in [3.05, 3.63) is 11.7 Å². The van der Waals surface area contributed by atoms with Crippen molar-refractivity contribution in [2.75, 3.05) is 13.7 Å². The van der Waals surface area contributed by atoms with Crippen molar-refractivity contribution in [1.29, 1.82) is 0 Å². The predicted molar refractivity (Wildman–Crippen MR) is 55.8 cm³/mol. The van der Waals surface area contributed by atoms with Gasteiger partial charge in [-0.3, -0.25) is 0 Å². The molecule has 1 aromatic heterocycles. The van der Waals surface area contributed by atoms with Crippen LogP contribution in [-0.2, 0) is 11.2 Å². The zero-order valence-corrected chi connectivity index (χ0v) is 9.51. The Bertz CT molecular complexity index is 342. The Morgan fingerprint density at radius 3 is 3.12 bits per heavy atom. The molecule has 2 rings (SSSR count). The summed E-state index contributed by atoms with van der Waals surface area (Å²) in [6.07, 6.45) is 1.02. The van der Waals surface area contributed by atoms with Gasteiger partial charge in [-0.05, 0) is 13.3 Å². The topological polar surface area (TPSA) is 80.4 Å². The van der Waals surface area contributed by atoms with E-state index < -0.39 is 0 Å². The van der Waals surface area contributed by atoms with Crippen LogP contribution in [0, 0.1) is 0 Å². The zero-order valence-electron chi connectivity index (χ0n) is 9.51. The van der Waals surface area contributed by atoms with Crippen LogP contribution in [0.4, 0.5) is 0 Å².